The Hall–Kier alpha value is -2.47. The molecule has 3 rings (SSSR count). The van der Waals surface area contributed by atoms with Crippen LogP contribution < -0.4 is 15.0 Å². The lowest BCUT2D eigenvalue weighted by Gasteiger charge is -2.22. The van der Waals surface area contributed by atoms with Crippen molar-refractivity contribution in [3.8, 4) is 5.75 Å². The van der Waals surface area contributed by atoms with Crippen molar-refractivity contribution < 1.29 is 14.3 Å². The normalized spacial score (nSPS) is 16.2. The maximum absolute atomic E-state index is 13.1. The van der Waals surface area contributed by atoms with E-state index in [2.05, 4.69) is 18.3 Å². The first-order chi connectivity index (χ1) is 13.1. The monoisotopic (exact) mass is 384 g/mol. The summed E-state index contributed by atoms with van der Waals surface area (Å²) in [6.45, 7) is 5.29. The van der Waals surface area contributed by atoms with Crippen molar-refractivity contribution in [2.24, 2.45) is 0 Å². The summed E-state index contributed by atoms with van der Waals surface area (Å²) in [6, 6.07) is 15.0. The van der Waals surface area contributed by atoms with Gasteiger partial charge in [0.1, 0.15) is 5.75 Å². The van der Waals surface area contributed by atoms with Crippen molar-refractivity contribution in [1.29, 1.82) is 0 Å². The van der Waals surface area contributed by atoms with Crippen LogP contribution in [0.2, 0.25) is 0 Å². The van der Waals surface area contributed by atoms with Crippen molar-refractivity contribution in [2.45, 2.75) is 30.4 Å². The Morgan fingerprint density at radius 2 is 1.93 bits per heavy atom. The maximum Gasteiger partial charge on any atom is 0.258 e. The second-order valence-electron chi connectivity index (χ2n) is 6.41. The second kappa shape index (κ2) is 8.95. The van der Waals surface area contributed by atoms with Gasteiger partial charge in [-0.1, -0.05) is 19.1 Å². The predicted molar refractivity (Wildman–Crippen MR) is 109 cm³/mol. The second-order valence-corrected chi connectivity index (χ2v) is 7.89. The van der Waals surface area contributed by atoms with Crippen molar-refractivity contribution in [1.82, 2.24) is 5.32 Å². The number of hydrogen-bond acceptors (Lipinski definition) is 4. The molecule has 0 spiro atoms. The first-order valence-corrected chi connectivity index (χ1v) is 10.0. The molecular formula is C21H24N2O3S. The lowest BCUT2D eigenvalue weighted by molar-refractivity contribution is -0.122. The number of nitrogens with zero attached hydrogens (tertiary/aromatic N) is 1. The topological polar surface area (TPSA) is 58.6 Å². The standard InChI is InChI=1S/C21H24N2O3S/c1-3-22-20(24)14-26-17-10-8-16(9-11-17)21(25)23-13-12-15(2)27-19-7-5-4-6-18(19)23/h4-11,15H,3,12-14H2,1-2H3,(H,22,24). The quantitative estimate of drug-likeness (QED) is 0.853. The smallest absolute Gasteiger partial charge is 0.258 e. The minimum Gasteiger partial charge on any atom is -0.484 e. The number of likely N-dealkylation sites (N-methyl/N-ethyl adjacent to an activating group) is 1. The van der Waals surface area contributed by atoms with Gasteiger partial charge >= 0.3 is 0 Å². The highest BCUT2D eigenvalue weighted by Crippen LogP contribution is 2.37. The molecule has 0 fully saturated rings. The van der Waals surface area contributed by atoms with E-state index in [-0.39, 0.29) is 18.4 Å². The zero-order chi connectivity index (χ0) is 19.2. The van der Waals surface area contributed by atoms with Crippen LogP contribution in [-0.2, 0) is 4.79 Å². The van der Waals surface area contributed by atoms with Crippen molar-refractivity contribution >= 4 is 29.3 Å². The molecule has 1 aliphatic rings. The number of rotatable bonds is 5. The van der Waals surface area contributed by atoms with Crippen molar-refractivity contribution in [2.75, 3.05) is 24.6 Å². The Balaban J connectivity index is 1.73. The minimum atomic E-state index is -0.162. The van der Waals surface area contributed by atoms with Crippen LogP contribution in [0.25, 0.3) is 0 Å². The van der Waals surface area contributed by atoms with Crippen LogP contribution in [0, 0.1) is 0 Å². The van der Waals surface area contributed by atoms with Crippen LogP contribution in [0.3, 0.4) is 0 Å². The molecule has 0 saturated carbocycles. The molecule has 2 amide bonds. The summed E-state index contributed by atoms with van der Waals surface area (Å²) in [5, 5.41) is 3.15. The van der Waals surface area contributed by atoms with E-state index < -0.39 is 0 Å². The molecule has 5 nitrogen and oxygen atoms in total. The molecule has 1 unspecified atom stereocenters. The largest absolute Gasteiger partial charge is 0.484 e. The zero-order valence-corrected chi connectivity index (χ0v) is 16.4. The molecule has 6 heteroatoms. The SMILES string of the molecule is CCNC(=O)COc1ccc(C(=O)N2CCC(C)Sc3ccccc32)cc1. The van der Waals surface area contributed by atoms with E-state index in [1.807, 2.05) is 41.8 Å². The number of amides is 2. The molecular weight excluding hydrogens is 360 g/mol. The summed E-state index contributed by atoms with van der Waals surface area (Å²) in [5.74, 6) is 0.385. The summed E-state index contributed by atoms with van der Waals surface area (Å²) in [4.78, 5) is 27.6. The molecule has 0 aromatic heterocycles. The van der Waals surface area contributed by atoms with Gasteiger partial charge < -0.3 is 15.0 Å². The number of carbonyl (C=O) groups is 2. The number of ether oxygens (including phenoxy) is 1. The van der Waals surface area contributed by atoms with Gasteiger partial charge in [0.05, 0.1) is 5.69 Å². The first-order valence-electron chi connectivity index (χ1n) is 9.15. The predicted octanol–water partition coefficient (Wildman–Crippen LogP) is 3.73. The molecule has 142 valence electrons. The molecule has 1 heterocycles. The number of hydrogen-bond donors (Lipinski definition) is 1. The van der Waals surface area contributed by atoms with E-state index in [9.17, 15) is 9.59 Å². The number of thioether (sulfide) groups is 1. The summed E-state index contributed by atoms with van der Waals surface area (Å²) in [5.41, 5.74) is 1.57. The van der Waals surface area contributed by atoms with Crippen molar-refractivity contribution in [3.63, 3.8) is 0 Å². The summed E-state index contributed by atoms with van der Waals surface area (Å²) >= 11 is 1.81. The van der Waals surface area contributed by atoms with Crippen LogP contribution in [0.5, 0.6) is 5.75 Å². The van der Waals surface area contributed by atoms with Gasteiger partial charge in [-0.15, -0.1) is 11.8 Å². The van der Waals surface area contributed by atoms with Gasteiger partial charge in [-0.25, -0.2) is 0 Å². The van der Waals surface area contributed by atoms with E-state index in [0.717, 1.165) is 17.0 Å². The summed E-state index contributed by atoms with van der Waals surface area (Å²) in [7, 11) is 0. The Labute approximate surface area is 164 Å². The third-order valence-electron chi connectivity index (χ3n) is 4.33. The molecule has 1 atom stereocenters. The van der Waals surface area contributed by atoms with E-state index >= 15 is 0 Å². The van der Waals surface area contributed by atoms with Crippen LogP contribution >= 0.6 is 11.8 Å². The van der Waals surface area contributed by atoms with E-state index in [4.69, 9.17) is 4.74 Å². The van der Waals surface area contributed by atoms with E-state index in [1.165, 1.54) is 0 Å². The Bertz CT molecular complexity index is 807. The molecule has 0 aliphatic carbocycles. The highest BCUT2D eigenvalue weighted by molar-refractivity contribution is 8.00. The molecule has 2 aromatic carbocycles. The fourth-order valence-electron chi connectivity index (χ4n) is 2.94. The summed E-state index contributed by atoms with van der Waals surface area (Å²) in [6.07, 6.45) is 0.943. The van der Waals surface area contributed by atoms with Crippen LogP contribution in [0.4, 0.5) is 5.69 Å². The number of nitrogens with one attached hydrogen (secondary N) is 1. The molecule has 27 heavy (non-hydrogen) atoms. The number of anilines is 1. The number of benzene rings is 2. The molecule has 0 radical (unpaired) electrons. The number of carbonyl (C=O) groups excluding carboxylic acids is 2. The van der Waals surface area contributed by atoms with E-state index in [1.54, 1.807) is 24.3 Å². The van der Waals surface area contributed by atoms with Crippen LogP contribution in [-0.4, -0.2) is 36.8 Å². The minimum absolute atomic E-state index is 0.0209. The summed E-state index contributed by atoms with van der Waals surface area (Å²) < 4.78 is 5.45. The Morgan fingerprint density at radius 1 is 1.19 bits per heavy atom. The fourth-order valence-corrected chi connectivity index (χ4v) is 4.06. The van der Waals surface area contributed by atoms with Crippen LogP contribution in [0.1, 0.15) is 30.6 Å². The maximum atomic E-state index is 13.1. The Kier molecular flexibility index (Phi) is 6.40. The molecule has 0 bridgehead atoms. The van der Waals surface area contributed by atoms with Gasteiger partial charge in [-0.05, 0) is 49.7 Å². The average molecular weight is 385 g/mol. The highest BCUT2D eigenvalue weighted by Gasteiger charge is 2.24. The number of fused-ring (bicyclic) bond motifs is 1. The third kappa shape index (κ3) is 4.83. The highest BCUT2D eigenvalue weighted by atomic mass is 32.2. The van der Waals surface area contributed by atoms with Gasteiger partial charge in [-0.2, -0.15) is 0 Å². The van der Waals surface area contributed by atoms with Gasteiger partial charge in [0.2, 0.25) is 0 Å². The average Bonchev–Trinajstić information content (AvgIpc) is 2.84. The lowest BCUT2D eigenvalue weighted by atomic mass is 10.1. The van der Waals surface area contributed by atoms with Gasteiger partial charge in [0.15, 0.2) is 6.61 Å². The van der Waals surface area contributed by atoms with Gasteiger partial charge in [0, 0.05) is 28.8 Å². The van der Waals surface area contributed by atoms with Gasteiger partial charge in [0.25, 0.3) is 11.8 Å². The molecule has 1 N–H and O–H groups in total. The number of para-hydroxylation sites is 1. The first kappa shape index (κ1) is 19.3. The van der Waals surface area contributed by atoms with Crippen LogP contribution in [0.15, 0.2) is 53.4 Å². The Morgan fingerprint density at radius 3 is 2.67 bits per heavy atom. The van der Waals surface area contributed by atoms with Gasteiger partial charge in [-0.3, -0.25) is 9.59 Å². The molecule has 2 aromatic rings. The lowest BCUT2D eigenvalue weighted by Crippen LogP contribution is -2.32. The molecule has 1 aliphatic heterocycles. The van der Waals surface area contributed by atoms with E-state index in [0.29, 0.717) is 29.7 Å². The third-order valence-corrected chi connectivity index (χ3v) is 5.57. The zero-order valence-electron chi connectivity index (χ0n) is 15.6. The van der Waals surface area contributed by atoms with Crippen molar-refractivity contribution in [3.05, 3.63) is 54.1 Å². The fraction of sp³-hybridized carbons (Fsp3) is 0.333. The molecule has 0 saturated heterocycles.